The molecule has 2 fully saturated rings. The van der Waals surface area contributed by atoms with Crippen molar-refractivity contribution in [3.05, 3.63) is 70.5 Å². The fourth-order valence-corrected chi connectivity index (χ4v) is 5.29. The van der Waals surface area contributed by atoms with Crippen LogP contribution in [-0.2, 0) is 4.79 Å². The second kappa shape index (κ2) is 10.5. The molecule has 2 amide bonds. The summed E-state index contributed by atoms with van der Waals surface area (Å²) in [5.74, 6) is -1.66. The number of hydrogen-bond donors (Lipinski definition) is 1. The molecule has 35 heavy (non-hydrogen) atoms. The zero-order valence-corrected chi connectivity index (χ0v) is 19.7. The van der Waals surface area contributed by atoms with E-state index in [1.165, 1.54) is 18.2 Å². The van der Waals surface area contributed by atoms with Crippen LogP contribution in [0.3, 0.4) is 0 Å². The Kier molecular flexibility index (Phi) is 7.66. The van der Waals surface area contributed by atoms with Crippen LogP contribution in [0.4, 0.5) is 17.6 Å². The number of fused-ring (bicyclic) bond motifs is 1. The number of benzene rings is 2. The topological polar surface area (TPSA) is 52.7 Å². The number of likely N-dealkylation sites (tertiary alicyclic amines) is 2. The molecule has 188 valence electrons. The third-order valence-corrected chi connectivity index (χ3v) is 6.97. The van der Waals surface area contributed by atoms with Crippen LogP contribution in [0.2, 0.25) is 5.02 Å². The van der Waals surface area contributed by atoms with Crippen LogP contribution in [0.5, 0.6) is 0 Å². The SMILES string of the molecule is O=C(CC(F)(F)F)NC(CCN1CC2CN(C(=O)c3c(F)cccc3Cl)CC2C1)c1ccccc1. The summed E-state index contributed by atoms with van der Waals surface area (Å²) in [6, 6.07) is 12.6. The van der Waals surface area contributed by atoms with Crippen LogP contribution in [0.1, 0.15) is 34.8 Å². The van der Waals surface area contributed by atoms with E-state index in [0.29, 0.717) is 26.1 Å². The lowest BCUT2D eigenvalue weighted by Crippen LogP contribution is -2.36. The van der Waals surface area contributed by atoms with Gasteiger partial charge in [0.05, 0.1) is 16.6 Å². The van der Waals surface area contributed by atoms with E-state index >= 15 is 0 Å². The van der Waals surface area contributed by atoms with Crippen molar-refractivity contribution in [2.45, 2.75) is 25.1 Å². The lowest BCUT2D eigenvalue weighted by molar-refractivity contribution is -0.154. The van der Waals surface area contributed by atoms with Gasteiger partial charge in [-0.05, 0) is 36.0 Å². The molecule has 2 heterocycles. The molecular formula is C25H26ClF4N3O2. The molecule has 2 aliphatic heterocycles. The van der Waals surface area contributed by atoms with Crippen LogP contribution in [0, 0.1) is 17.7 Å². The lowest BCUT2D eigenvalue weighted by atomic mass is 10.0. The third-order valence-electron chi connectivity index (χ3n) is 6.66. The Morgan fingerprint density at radius 2 is 1.66 bits per heavy atom. The van der Waals surface area contributed by atoms with Gasteiger partial charge in [0.15, 0.2) is 0 Å². The van der Waals surface area contributed by atoms with Gasteiger partial charge in [0, 0.05) is 32.7 Å². The number of nitrogens with zero attached hydrogens (tertiary/aromatic N) is 2. The van der Waals surface area contributed by atoms with Crippen molar-refractivity contribution in [3.8, 4) is 0 Å². The number of nitrogens with one attached hydrogen (secondary N) is 1. The van der Waals surface area contributed by atoms with Gasteiger partial charge in [-0.1, -0.05) is 48.0 Å². The van der Waals surface area contributed by atoms with E-state index in [2.05, 4.69) is 10.2 Å². The number of carbonyl (C=O) groups is 2. The Morgan fingerprint density at radius 3 is 2.26 bits per heavy atom. The highest BCUT2D eigenvalue weighted by molar-refractivity contribution is 6.33. The van der Waals surface area contributed by atoms with Gasteiger partial charge in [0.1, 0.15) is 12.2 Å². The molecule has 3 atom stereocenters. The predicted octanol–water partition coefficient (Wildman–Crippen LogP) is 4.68. The summed E-state index contributed by atoms with van der Waals surface area (Å²) in [6.45, 7) is 3.02. The van der Waals surface area contributed by atoms with Crippen molar-refractivity contribution in [2.75, 3.05) is 32.7 Å². The molecule has 5 nitrogen and oxygen atoms in total. The number of alkyl halides is 3. The van der Waals surface area contributed by atoms with Crippen LogP contribution in [0.15, 0.2) is 48.5 Å². The smallest absolute Gasteiger partial charge is 0.349 e. The zero-order valence-electron chi connectivity index (χ0n) is 18.9. The van der Waals surface area contributed by atoms with E-state index in [-0.39, 0.29) is 22.4 Å². The number of hydrogen-bond acceptors (Lipinski definition) is 3. The first-order valence-corrected chi connectivity index (χ1v) is 11.8. The fourth-order valence-electron chi connectivity index (χ4n) is 5.05. The Labute approximate surface area is 206 Å². The van der Waals surface area contributed by atoms with E-state index in [1.54, 1.807) is 35.2 Å². The molecule has 1 N–H and O–H groups in total. The van der Waals surface area contributed by atoms with E-state index < -0.39 is 36.3 Å². The Balaban J connectivity index is 1.33. The molecule has 0 spiro atoms. The molecule has 2 saturated heterocycles. The molecule has 4 rings (SSSR count). The summed E-state index contributed by atoms with van der Waals surface area (Å²) in [6.07, 6.45) is -5.62. The molecule has 3 unspecified atom stereocenters. The van der Waals surface area contributed by atoms with Crippen molar-refractivity contribution in [1.82, 2.24) is 15.1 Å². The molecule has 2 aromatic rings. The lowest BCUT2D eigenvalue weighted by Gasteiger charge is -2.25. The fraction of sp³-hybridized carbons (Fsp3) is 0.440. The number of amides is 2. The van der Waals surface area contributed by atoms with Gasteiger partial charge in [-0.25, -0.2) is 4.39 Å². The predicted molar refractivity (Wildman–Crippen MR) is 123 cm³/mol. The summed E-state index contributed by atoms with van der Waals surface area (Å²) in [7, 11) is 0. The Hall–Kier alpha value is -2.65. The van der Waals surface area contributed by atoms with Crippen LogP contribution in [0.25, 0.3) is 0 Å². The summed E-state index contributed by atoms with van der Waals surface area (Å²) in [4.78, 5) is 28.6. The maximum atomic E-state index is 14.2. The van der Waals surface area contributed by atoms with Crippen molar-refractivity contribution in [2.24, 2.45) is 11.8 Å². The average molecular weight is 512 g/mol. The van der Waals surface area contributed by atoms with Gasteiger partial charge in [-0.2, -0.15) is 13.2 Å². The van der Waals surface area contributed by atoms with Gasteiger partial charge in [-0.3, -0.25) is 9.59 Å². The number of rotatable bonds is 7. The highest BCUT2D eigenvalue weighted by atomic mass is 35.5. The minimum Gasteiger partial charge on any atom is -0.349 e. The van der Waals surface area contributed by atoms with Crippen LogP contribution in [-0.4, -0.2) is 60.5 Å². The summed E-state index contributed by atoms with van der Waals surface area (Å²) in [5.41, 5.74) is 0.646. The molecule has 0 saturated carbocycles. The van der Waals surface area contributed by atoms with Crippen molar-refractivity contribution < 1.29 is 27.2 Å². The van der Waals surface area contributed by atoms with E-state index in [9.17, 15) is 27.2 Å². The number of carbonyl (C=O) groups excluding carboxylic acids is 2. The first kappa shape index (κ1) is 25.4. The zero-order chi connectivity index (χ0) is 25.2. The van der Waals surface area contributed by atoms with Gasteiger partial charge >= 0.3 is 6.18 Å². The standard InChI is InChI=1S/C25H26ClF4N3O2/c26-19-7-4-8-20(27)23(19)24(35)33-14-17-12-32(13-18(17)15-33)10-9-21(16-5-2-1-3-6-16)31-22(34)11-25(28,29)30/h1-8,17-18,21H,9-15H2,(H,31,34). The van der Waals surface area contributed by atoms with Crippen molar-refractivity contribution >= 4 is 23.4 Å². The maximum Gasteiger partial charge on any atom is 0.397 e. The minimum atomic E-state index is -4.56. The van der Waals surface area contributed by atoms with Crippen molar-refractivity contribution in [3.63, 3.8) is 0 Å². The van der Waals surface area contributed by atoms with E-state index in [1.807, 2.05) is 0 Å². The number of halogens is 5. The normalized spacial score (nSPS) is 21.1. The first-order valence-electron chi connectivity index (χ1n) is 11.5. The third kappa shape index (κ3) is 6.32. The Bertz CT molecular complexity index is 1030. The van der Waals surface area contributed by atoms with Crippen LogP contribution >= 0.6 is 11.6 Å². The molecule has 2 aliphatic rings. The summed E-state index contributed by atoms with van der Waals surface area (Å²) >= 11 is 6.05. The van der Waals surface area contributed by atoms with Gasteiger partial charge in [0.2, 0.25) is 5.91 Å². The monoisotopic (exact) mass is 511 g/mol. The molecule has 10 heteroatoms. The highest BCUT2D eigenvalue weighted by Gasteiger charge is 2.42. The maximum absolute atomic E-state index is 14.2. The minimum absolute atomic E-state index is 0.0909. The van der Waals surface area contributed by atoms with Gasteiger partial charge < -0.3 is 15.1 Å². The Morgan fingerprint density at radius 1 is 1.00 bits per heavy atom. The molecular weight excluding hydrogens is 486 g/mol. The quantitative estimate of drug-likeness (QED) is 0.549. The summed E-state index contributed by atoms with van der Waals surface area (Å²) < 4.78 is 52.1. The molecule has 2 aromatic carbocycles. The summed E-state index contributed by atoms with van der Waals surface area (Å²) in [5, 5.41) is 2.62. The second-order valence-corrected chi connectivity index (χ2v) is 9.61. The molecule has 0 aromatic heterocycles. The van der Waals surface area contributed by atoms with Gasteiger partial charge in [0.25, 0.3) is 5.91 Å². The first-order chi connectivity index (χ1) is 16.6. The molecule has 0 radical (unpaired) electrons. The second-order valence-electron chi connectivity index (χ2n) is 9.20. The molecule has 0 aliphatic carbocycles. The van der Waals surface area contributed by atoms with E-state index in [4.69, 9.17) is 11.6 Å². The van der Waals surface area contributed by atoms with Crippen molar-refractivity contribution in [1.29, 1.82) is 0 Å². The van der Waals surface area contributed by atoms with E-state index in [0.717, 1.165) is 18.7 Å². The van der Waals surface area contributed by atoms with Gasteiger partial charge in [-0.15, -0.1) is 0 Å². The largest absolute Gasteiger partial charge is 0.397 e. The highest BCUT2D eigenvalue weighted by Crippen LogP contribution is 2.34. The molecule has 0 bridgehead atoms. The van der Waals surface area contributed by atoms with Crippen LogP contribution < -0.4 is 5.32 Å². The average Bonchev–Trinajstić information content (AvgIpc) is 3.35.